The fraction of sp³-hybridized carbons (Fsp3) is 0.357. The van der Waals surface area contributed by atoms with Gasteiger partial charge in [-0.3, -0.25) is 10.1 Å². The van der Waals surface area contributed by atoms with E-state index in [1.807, 2.05) is 0 Å². The molecule has 1 amide bonds. The van der Waals surface area contributed by atoms with Gasteiger partial charge in [0.1, 0.15) is 6.10 Å². The van der Waals surface area contributed by atoms with Gasteiger partial charge in [0.25, 0.3) is 5.91 Å². The minimum atomic E-state index is -3.30. The molecule has 1 aliphatic heterocycles. The molecule has 0 saturated carbocycles. The second-order valence-corrected chi connectivity index (χ2v) is 7.21. The van der Waals surface area contributed by atoms with Crippen molar-refractivity contribution in [3.63, 3.8) is 0 Å². The van der Waals surface area contributed by atoms with Crippen LogP contribution in [-0.2, 0) is 14.6 Å². The van der Waals surface area contributed by atoms with Gasteiger partial charge >= 0.3 is 6.01 Å². The number of anilines is 1. The molecule has 2 aromatic rings. The molecule has 1 fully saturated rings. The Morgan fingerprint density at radius 2 is 2.00 bits per heavy atom. The SMILES string of the molecule is CS(=O)(=O)c1ccc(C(=O)Nc2nnc([C@H]3CCCO3)o2)cc1. The highest BCUT2D eigenvalue weighted by Gasteiger charge is 2.24. The van der Waals surface area contributed by atoms with Gasteiger partial charge in [-0.25, -0.2) is 8.42 Å². The first kappa shape index (κ1) is 15.6. The molecule has 122 valence electrons. The maximum absolute atomic E-state index is 12.1. The lowest BCUT2D eigenvalue weighted by Crippen LogP contribution is -2.12. The van der Waals surface area contributed by atoms with E-state index in [2.05, 4.69) is 15.5 Å². The van der Waals surface area contributed by atoms with Crippen LogP contribution < -0.4 is 5.32 Å². The van der Waals surface area contributed by atoms with E-state index in [0.29, 0.717) is 12.5 Å². The second-order valence-electron chi connectivity index (χ2n) is 5.20. The van der Waals surface area contributed by atoms with Gasteiger partial charge in [-0.2, -0.15) is 0 Å². The Hall–Kier alpha value is -2.26. The van der Waals surface area contributed by atoms with Crippen molar-refractivity contribution in [1.82, 2.24) is 10.2 Å². The summed E-state index contributed by atoms with van der Waals surface area (Å²) in [5.41, 5.74) is 0.286. The van der Waals surface area contributed by atoms with Crippen molar-refractivity contribution in [3.05, 3.63) is 35.7 Å². The molecule has 0 aliphatic carbocycles. The van der Waals surface area contributed by atoms with E-state index in [0.717, 1.165) is 19.1 Å². The van der Waals surface area contributed by atoms with E-state index in [4.69, 9.17) is 9.15 Å². The summed E-state index contributed by atoms with van der Waals surface area (Å²) in [5, 5.41) is 10.1. The van der Waals surface area contributed by atoms with Gasteiger partial charge in [-0.05, 0) is 37.1 Å². The molecule has 0 spiro atoms. The number of amides is 1. The van der Waals surface area contributed by atoms with Crippen molar-refractivity contribution in [1.29, 1.82) is 0 Å². The van der Waals surface area contributed by atoms with Gasteiger partial charge in [0.15, 0.2) is 9.84 Å². The fourth-order valence-corrected chi connectivity index (χ4v) is 2.84. The third kappa shape index (κ3) is 3.57. The fourth-order valence-electron chi connectivity index (χ4n) is 2.21. The number of nitrogens with one attached hydrogen (secondary N) is 1. The number of hydrogen-bond donors (Lipinski definition) is 1. The Labute approximate surface area is 132 Å². The third-order valence-corrected chi connectivity index (χ3v) is 4.54. The van der Waals surface area contributed by atoms with E-state index < -0.39 is 15.7 Å². The summed E-state index contributed by atoms with van der Waals surface area (Å²) in [6, 6.07) is 5.56. The van der Waals surface area contributed by atoms with Crippen LogP contribution in [0.25, 0.3) is 0 Å². The van der Waals surface area contributed by atoms with Crippen molar-refractivity contribution in [3.8, 4) is 0 Å². The number of carbonyl (C=O) groups is 1. The van der Waals surface area contributed by atoms with Crippen molar-refractivity contribution >= 4 is 21.8 Å². The summed E-state index contributed by atoms with van der Waals surface area (Å²) in [7, 11) is -3.30. The van der Waals surface area contributed by atoms with Crippen molar-refractivity contribution in [2.45, 2.75) is 23.8 Å². The molecule has 8 nitrogen and oxygen atoms in total. The predicted octanol–water partition coefficient (Wildman–Crippen LogP) is 1.58. The van der Waals surface area contributed by atoms with Crippen LogP contribution in [-0.4, -0.2) is 37.4 Å². The number of hydrogen-bond acceptors (Lipinski definition) is 7. The van der Waals surface area contributed by atoms with Crippen LogP contribution in [0.1, 0.15) is 35.2 Å². The van der Waals surface area contributed by atoms with Crippen LogP contribution in [0.3, 0.4) is 0 Å². The summed E-state index contributed by atoms with van der Waals surface area (Å²) in [6.45, 7) is 0.654. The van der Waals surface area contributed by atoms with Crippen LogP contribution >= 0.6 is 0 Å². The summed E-state index contributed by atoms with van der Waals surface area (Å²) in [4.78, 5) is 12.2. The molecule has 2 heterocycles. The lowest BCUT2D eigenvalue weighted by atomic mass is 10.2. The molecule has 1 saturated heterocycles. The number of benzene rings is 1. The third-order valence-electron chi connectivity index (χ3n) is 3.41. The van der Waals surface area contributed by atoms with Crippen LogP contribution in [0, 0.1) is 0 Å². The van der Waals surface area contributed by atoms with Gasteiger partial charge in [-0.1, -0.05) is 5.10 Å². The number of ether oxygens (including phenoxy) is 1. The molecule has 1 N–H and O–H groups in total. The van der Waals surface area contributed by atoms with Crippen molar-refractivity contribution < 1.29 is 22.4 Å². The Kier molecular flexibility index (Phi) is 4.14. The Balaban J connectivity index is 1.69. The highest BCUT2D eigenvalue weighted by molar-refractivity contribution is 7.90. The molecular weight excluding hydrogens is 322 g/mol. The number of aromatic nitrogens is 2. The Bertz CT molecular complexity index is 807. The standard InChI is InChI=1S/C14H15N3O5S/c1-23(19,20)10-6-4-9(5-7-10)12(18)15-14-17-16-13(22-14)11-3-2-8-21-11/h4-7,11H,2-3,8H2,1H3,(H,15,17,18)/t11-/m1/s1. The smallest absolute Gasteiger partial charge is 0.322 e. The lowest BCUT2D eigenvalue weighted by Gasteiger charge is -2.03. The maximum atomic E-state index is 12.1. The predicted molar refractivity (Wildman–Crippen MR) is 79.7 cm³/mol. The maximum Gasteiger partial charge on any atom is 0.322 e. The largest absolute Gasteiger partial charge is 0.405 e. The van der Waals surface area contributed by atoms with E-state index in [-0.39, 0.29) is 22.6 Å². The van der Waals surface area contributed by atoms with Gasteiger partial charge in [0, 0.05) is 18.4 Å². The molecule has 3 rings (SSSR count). The van der Waals surface area contributed by atoms with E-state index >= 15 is 0 Å². The van der Waals surface area contributed by atoms with E-state index in [9.17, 15) is 13.2 Å². The summed E-state index contributed by atoms with van der Waals surface area (Å²) in [5.74, 6) is -0.127. The molecule has 0 radical (unpaired) electrons. The monoisotopic (exact) mass is 337 g/mol. The summed E-state index contributed by atoms with van der Waals surface area (Å²) in [6.07, 6.45) is 2.62. The van der Waals surface area contributed by atoms with Gasteiger partial charge in [0.05, 0.1) is 4.90 Å². The van der Waals surface area contributed by atoms with Crippen LogP contribution in [0.15, 0.2) is 33.6 Å². The van der Waals surface area contributed by atoms with Crippen molar-refractivity contribution in [2.24, 2.45) is 0 Å². The van der Waals surface area contributed by atoms with Crippen LogP contribution in [0.2, 0.25) is 0 Å². The average molecular weight is 337 g/mol. The van der Waals surface area contributed by atoms with Gasteiger partial charge in [0.2, 0.25) is 5.89 Å². The van der Waals surface area contributed by atoms with E-state index in [1.165, 1.54) is 24.3 Å². The molecule has 9 heteroatoms. The molecule has 23 heavy (non-hydrogen) atoms. The Morgan fingerprint density at radius 3 is 2.61 bits per heavy atom. The first-order chi connectivity index (χ1) is 10.9. The van der Waals surface area contributed by atoms with Crippen LogP contribution in [0.5, 0.6) is 0 Å². The number of rotatable bonds is 4. The lowest BCUT2D eigenvalue weighted by molar-refractivity contribution is 0.0893. The Morgan fingerprint density at radius 1 is 1.26 bits per heavy atom. The zero-order chi connectivity index (χ0) is 16.4. The molecule has 1 aliphatic rings. The molecule has 1 aromatic heterocycles. The number of sulfone groups is 1. The zero-order valence-electron chi connectivity index (χ0n) is 12.4. The molecular formula is C14H15N3O5S. The number of nitrogens with zero attached hydrogens (tertiary/aromatic N) is 2. The molecule has 0 unspecified atom stereocenters. The van der Waals surface area contributed by atoms with Crippen molar-refractivity contribution in [2.75, 3.05) is 18.2 Å². The van der Waals surface area contributed by atoms with E-state index in [1.54, 1.807) is 0 Å². The normalized spacial score (nSPS) is 18.0. The quantitative estimate of drug-likeness (QED) is 0.901. The topological polar surface area (TPSA) is 111 Å². The minimum absolute atomic E-state index is 0.0207. The van der Waals surface area contributed by atoms with Gasteiger partial charge < -0.3 is 9.15 Å². The number of carbonyl (C=O) groups excluding carboxylic acids is 1. The van der Waals surface area contributed by atoms with Gasteiger partial charge in [-0.15, -0.1) is 5.10 Å². The average Bonchev–Trinajstić information content (AvgIpc) is 3.17. The first-order valence-corrected chi connectivity index (χ1v) is 8.89. The second kappa shape index (κ2) is 6.09. The summed E-state index contributed by atoms with van der Waals surface area (Å²) < 4.78 is 33.6. The van der Waals surface area contributed by atoms with Crippen LogP contribution in [0.4, 0.5) is 6.01 Å². The molecule has 0 bridgehead atoms. The first-order valence-electron chi connectivity index (χ1n) is 7.00. The highest BCUT2D eigenvalue weighted by Crippen LogP contribution is 2.28. The highest BCUT2D eigenvalue weighted by atomic mass is 32.2. The molecule has 1 aromatic carbocycles. The molecule has 1 atom stereocenters. The minimum Gasteiger partial charge on any atom is -0.405 e. The summed E-state index contributed by atoms with van der Waals surface area (Å²) >= 11 is 0. The zero-order valence-corrected chi connectivity index (χ0v) is 13.2.